The van der Waals surface area contributed by atoms with Crippen LogP contribution in [0, 0.1) is 11.3 Å². The van der Waals surface area contributed by atoms with Crippen LogP contribution in [-0.4, -0.2) is 51.1 Å². The number of nitrogens with one attached hydrogen (secondary N) is 1. The predicted molar refractivity (Wildman–Crippen MR) is 148 cm³/mol. The zero-order chi connectivity index (χ0) is 27.6. The lowest BCUT2D eigenvalue weighted by Gasteiger charge is -2.36. The Balaban J connectivity index is 1.72. The highest BCUT2D eigenvalue weighted by molar-refractivity contribution is 6.74. The van der Waals surface area contributed by atoms with E-state index in [1.807, 2.05) is 27.7 Å². The molecule has 0 spiro atoms. The fourth-order valence-electron chi connectivity index (χ4n) is 3.44. The highest BCUT2D eigenvalue weighted by Gasteiger charge is 2.52. The number of ether oxygens (including phenoxy) is 1. The zero-order valence-electron chi connectivity index (χ0n) is 23.4. The van der Waals surface area contributed by atoms with Crippen molar-refractivity contribution in [3.63, 3.8) is 0 Å². The van der Waals surface area contributed by atoms with Gasteiger partial charge >= 0.3 is 7.12 Å². The van der Waals surface area contributed by atoms with E-state index >= 15 is 0 Å². The highest BCUT2D eigenvalue weighted by Crippen LogP contribution is 2.37. The molecule has 1 aromatic heterocycles. The van der Waals surface area contributed by atoms with E-state index in [1.54, 1.807) is 30.3 Å². The van der Waals surface area contributed by atoms with Gasteiger partial charge < -0.3 is 23.8 Å². The number of rotatable bonds is 9. The molecule has 0 unspecified atom stereocenters. The van der Waals surface area contributed by atoms with E-state index in [-0.39, 0.29) is 5.04 Å². The number of anilines is 1. The van der Waals surface area contributed by atoms with Crippen molar-refractivity contribution in [1.82, 2.24) is 4.98 Å². The van der Waals surface area contributed by atoms with Crippen LogP contribution in [0.2, 0.25) is 18.1 Å². The summed E-state index contributed by atoms with van der Waals surface area (Å²) in [6, 6.07) is 10.6. The van der Waals surface area contributed by atoms with Crippen molar-refractivity contribution in [3.05, 3.63) is 41.5 Å². The minimum absolute atomic E-state index is 0.120. The molecule has 37 heavy (non-hydrogen) atoms. The summed E-state index contributed by atoms with van der Waals surface area (Å²) in [4.78, 5) is 16.4. The van der Waals surface area contributed by atoms with Crippen LogP contribution in [0.15, 0.2) is 30.3 Å². The summed E-state index contributed by atoms with van der Waals surface area (Å²) in [6.07, 6.45) is 0.759. The van der Waals surface area contributed by atoms with Crippen molar-refractivity contribution in [3.8, 4) is 17.7 Å². The molecule has 1 aromatic carbocycles. The quantitative estimate of drug-likeness (QED) is 0.269. The molecule has 3 rings (SSSR count). The SMILES string of the molecule is CC1(C)OB(c2ccc(Oc3ccc(C#N)c(NCCO[Si](C)(C)C(C)(C)C)n3)cc2C=O)OC1(C)C. The molecule has 0 amide bonds. The first-order chi connectivity index (χ1) is 17.1. The van der Waals surface area contributed by atoms with Gasteiger partial charge in [-0.1, -0.05) is 26.8 Å². The summed E-state index contributed by atoms with van der Waals surface area (Å²) < 4.78 is 24.3. The normalized spacial score (nSPS) is 16.8. The predicted octanol–water partition coefficient (Wildman–Crippen LogP) is 5.29. The zero-order valence-corrected chi connectivity index (χ0v) is 24.4. The van der Waals surface area contributed by atoms with Crippen molar-refractivity contribution in [2.24, 2.45) is 0 Å². The molecule has 0 bridgehead atoms. The van der Waals surface area contributed by atoms with Crippen LogP contribution in [0.3, 0.4) is 0 Å². The summed E-state index contributed by atoms with van der Waals surface area (Å²) in [7, 11) is -2.52. The first kappa shape index (κ1) is 28.9. The molecule has 1 aliphatic rings. The molecule has 1 fully saturated rings. The lowest BCUT2D eigenvalue weighted by Crippen LogP contribution is -2.41. The highest BCUT2D eigenvalue weighted by atomic mass is 28.4. The fourth-order valence-corrected chi connectivity index (χ4v) is 4.48. The first-order valence-electron chi connectivity index (χ1n) is 12.5. The molecule has 2 heterocycles. The van der Waals surface area contributed by atoms with Gasteiger partial charge in [-0.25, -0.2) is 0 Å². The van der Waals surface area contributed by atoms with E-state index in [0.29, 0.717) is 47.2 Å². The Morgan fingerprint density at radius 1 is 1.14 bits per heavy atom. The second kappa shape index (κ2) is 10.6. The van der Waals surface area contributed by atoms with Crippen molar-refractivity contribution in [1.29, 1.82) is 5.26 Å². The number of hydrogen-bond donors (Lipinski definition) is 1. The van der Waals surface area contributed by atoms with Gasteiger partial charge in [-0.2, -0.15) is 10.2 Å². The van der Waals surface area contributed by atoms with E-state index in [9.17, 15) is 10.1 Å². The Labute approximate surface area is 221 Å². The van der Waals surface area contributed by atoms with Gasteiger partial charge in [0, 0.05) is 18.2 Å². The summed E-state index contributed by atoms with van der Waals surface area (Å²) in [6.45, 7) is 19.9. The van der Waals surface area contributed by atoms with Crippen molar-refractivity contribution in [2.45, 2.75) is 77.8 Å². The van der Waals surface area contributed by atoms with Crippen LogP contribution in [-0.2, 0) is 13.7 Å². The molecule has 1 aliphatic heterocycles. The molecule has 1 saturated heterocycles. The minimum Gasteiger partial charge on any atom is -0.439 e. The van der Waals surface area contributed by atoms with Crippen molar-refractivity contribution < 1.29 is 23.3 Å². The molecule has 2 aromatic rings. The number of nitriles is 1. The maximum atomic E-state index is 11.9. The van der Waals surface area contributed by atoms with Crippen LogP contribution in [0.25, 0.3) is 0 Å². The van der Waals surface area contributed by atoms with Gasteiger partial charge in [-0.05, 0) is 69.5 Å². The second-order valence-electron chi connectivity index (χ2n) is 11.8. The van der Waals surface area contributed by atoms with Gasteiger partial charge in [-0.15, -0.1) is 0 Å². The third kappa shape index (κ3) is 6.41. The van der Waals surface area contributed by atoms with Crippen LogP contribution in [0.4, 0.5) is 5.82 Å². The number of nitrogens with zero attached hydrogens (tertiary/aromatic N) is 2. The summed E-state index contributed by atoms with van der Waals surface area (Å²) in [5.74, 6) is 1.15. The number of hydrogen-bond acceptors (Lipinski definition) is 8. The smallest absolute Gasteiger partial charge is 0.439 e. The largest absolute Gasteiger partial charge is 0.495 e. The van der Waals surface area contributed by atoms with Gasteiger partial charge in [0.15, 0.2) is 8.32 Å². The molecule has 0 radical (unpaired) electrons. The first-order valence-corrected chi connectivity index (χ1v) is 15.4. The summed E-state index contributed by atoms with van der Waals surface area (Å²) >= 11 is 0. The molecule has 0 saturated carbocycles. The van der Waals surface area contributed by atoms with E-state index < -0.39 is 26.6 Å². The molecule has 0 aliphatic carbocycles. The number of carbonyl (C=O) groups excluding carboxylic acids is 1. The molecular formula is C27H38BN3O5Si. The van der Waals surface area contributed by atoms with Crippen LogP contribution >= 0.6 is 0 Å². The third-order valence-electron chi connectivity index (χ3n) is 7.57. The molecule has 0 atom stereocenters. The monoisotopic (exact) mass is 523 g/mol. The van der Waals surface area contributed by atoms with Crippen molar-refractivity contribution in [2.75, 3.05) is 18.5 Å². The average molecular weight is 524 g/mol. The van der Waals surface area contributed by atoms with E-state index in [1.165, 1.54) is 0 Å². The number of carbonyl (C=O) groups is 1. The number of benzene rings is 1. The molecule has 198 valence electrons. The maximum absolute atomic E-state index is 11.9. The van der Waals surface area contributed by atoms with Crippen LogP contribution in [0.5, 0.6) is 11.6 Å². The van der Waals surface area contributed by atoms with E-state index in [2.05, 4.69) is 50.2 Å². The van der Waals surface area contributed by atoms with E-state index in [0.717, 1.165) is 6.29 Å². The Hall–Kier alpha value is -2.71. The molecule has 10 heteroatoms. The minimum atomic E-state index is -1.86. The lowest BCUT2D eigenvalue weighted by atomic mass is 9.76. The maximum Gasteiger partial charge on any atom is 0.495 e. The lowest BCUT2D eigenvalue weighted by molar-refractivity contribution is 0.00578. The van der Waals surface area contributed by atoms with Crippen LogP contribution < -0.4 is 15.5 Å². The number of aromatic nitrogens is 1. The Morgan fingerprint density at radius 2 is 1.78 bits per heavy atom. The Kier molecular flexibility index (Phi) is 8.25. The van der Waals surface area contributed by atoms with Gasteiger partial charge in [-0.3, -0.25) is 4.79 Å². The molecule has 1 N–H and O–H groups in total. The molecular weight excluding hydrogens is 485 g/mol. The van der Waals surface area contributed by atoms with Gasteiger partial charge in [0.25, 0.3) is 0 Å². The number of pyridine rings is 1. The Bertz CT molecular complexity index is 1170. The summed E-state index contributed by atoms with van der Waals surface area (Å²) in [5, 5.41) is 12.8. The average Bonchev–Trinajstić information content (AvgIpc) is 3.02. The topological polar surface area (TPSA) is 103 Å². The molecule has 8 nitrogen and oxygen atoms in total. The van der Waals surface area contributed by atoms with Crippen molar-refractivity contribution >= 4 is 33.0 Å². The fraction of sp³-hybridized carbons (Fsp3) is 0.519. The van der Waals surface area contributed by atoms with Gasteiger partial charge in [0.2, 0.25) is 5.88 Å². The third-order valence-corrected chi connectivity index (χ3v) is 12.1. The van der Waals surface area contributed by atoms with E-state index in [4.69, 9.17) is 18.5 Å². The van der Waals surface area contributed by atoms with Crippen LogP contribution in [0.1, 0.15) is 64.4 Å². The number of aldehydes is 1. The van der Waals surface area contributed by atoms with Gasteiger partial charge in [0.1, 0.15) is 23.9 Å². The van der Waals surface area contributed by atoms with Gasteiger partial charge in [0.05, 0.1) is 23.4 Å². The second-order valence-corrected chi connectivity index (χ2v) is 16.6. The Morgan fingerprint density at radius 3 is 2.35 bits per heavy atom. The standard InChI is InChI=1S/C27H38BN3O5Si/c1-25(2,3)37(8,9)33-15-14-30-24-19(17-29)10-13-23(31-24)34-21-11-12-22(20(16-21)18-32)28-35-26(4,5)27(6,7)36-28/h10-13,16,18H,14-15H2,1-9H3,(H,30,31). The summed E-state index contributed by atoms with van der Waals surface area (Å²) in [5.41, 5.74) is 0.421.